The monoisotopic (exact) mass is 280 g/mol. The quantitative estimate of drug-likeness (QED) is 0.917. The van der Waals surface area contributed by atoms with Gasteiger partial charge in [0.05, 0.1) is 7.11 Å². The Morgan fingerprint density at radius 1 is 1.45 bits per heavy atom. The average Bonchev–Trinajstić information content (AvgIpc) is 2.43. The Morgan fingerprint density at radius 3 is 2.85 bits per heavy atom. The highest BCUT2D eigenvalue weighted by molar-refractivity contribution is 5.32. The minimum absolute atomic E-state index is 0.199. The summed E-state index contributed by atoms with van der Waals surface area (Å²) < 4.78 is 18.5. The molecule has 3 atom stereocenters. The fraction of sp³-hybridized carbons (Fsp3) is 0.625. The van der Waals surface area contributed by atoms with Gasteiger partial charge >= 0.3 is 0 Å². The van der Waals surface area contributed by atoms with Gasteiger partial charge in [0.25, 0.3) is 0 Å². The number of hydrogen-bond donors (Lipinski definition) is 1. The molecule has 1 saturated heterocycles. The van der Waals surface area contributed by atoms with Gasteiger partial charge in [0.15, 0.2) is 11.6 Å². The molecule has 0 radical (unpaired) electrons. The lowest BCUT2D eigenvalue weighted by molar-refractivity contribution is 0.163. The van der Waals surface area contributed by atoms with Crippen LogP contribution in [0.5, 0.6) is 5.75 Å². The van der Waals surface area contributed by atoms with E-state index in [0.29, 0.717) is 17.8 Å². The minimum Gasteiger partial charge on any atom is -0.494 e. The molecule has 0 amide bonds. The van der Waals surface area contributed by atoms with Gasteiger partial charge in [-0.05, 0) is 58.0 Å². The lowest BCUT2D eigenvalue weighted by atomic mass is 9.97. The lowest BCUT2D eigenvalue weighted by Crippen LogP contribution is -2.46. The van der Waals surface area contributed by atoms with E-state index >= 15 is 0 Å². The topological polar surface area (TPSA) is 24.5 Å². The Morgan fingerprint density at radius 2 is 2.20 bits per heavy atom. The number of ether oxygens (including phenoxy) is 1. The third kappa shape index (κ3) is 3.49. The summed E-state index contributed by atoms with van der Waals surface area (Å²) in [5, 5.41) is 3.65. The summed E-state index contributed by atoms with van der Waals surface area (Å²) in [5.74, 6) is 0.00394. The SMILES string of the molecule is COc1cc(C(C)NC2CCN(C)C(C)C2)ccc1F. The molecule has 3 nitrogen and oxygen atoms in total. The smallest absolute Gasteiger partial charge is 0.165 e. The molecule has 1 aliphatic rings. The number of nitrogens with one attached hydrogen (secondary N) is 1. The maximum absolute atomic E-state index is 13.4. The Hall–Kier alpha value is -1.13. The minimum atomic E-state index is -0.309. The van der Waals surface area contributed by atoms with Gasteiger partial charge in [-0.1, -0.05) is 6.07 Å². The van der Waals surface area contributed by atoms with E-state index in [0.717, 1.165) is 24.9 Å². The first kappa shape index (κ1) is 15.3. The first-order valence-electron chi connectivity index (χ1n) is 7.31. The van der Waals surface area contributed by atoms with Crippen LogP contribution < -0.4 is 10.1 Å². The van der Waals surface area contributed by atoms with Crippen LogP contribution in [0.25, 0.3) is 0 Å². The summed E-state index contributed by atoms with van der Waals surface area (Å²) in [6.45, 7) is 5.51. The van der Waals surface area contributed by atoms with Gasteiger partial charge in [-0.15, -0.1) is 0 Å². The number of benzene rings is 1. The predicted octanol–water partition coefficient (Wildman–Crippen LogP) is 2.97. The number of nitrogens with zero attached hydrogens (tertiary/aromatic N) is 1. The maximum Gasteiger partial charge on any atom is 0.165 e. The van der Waals surface area contributed by atoms with Crippen LogP contribution in [0.15, 0.2) is 18.2 Å². The van der Waals surface area contributed by atoms with Crippen molar-refractivity contribution in [3.8, 4) is 5.75 Å². The van der Waals surface area contributed by atoms with Crippen molar-refractivity contribution < 1.29 is 9.13 Å². The van der Waals surface area contributed by atoms with E-state index in [2.05, 4.69) is 31.1 Å². The lowest BCUT2D eigenvalue weighted by Gasteiger charge is -2.36. The summed E-state index contributed by atoms with van der Waals surface area (Å²) in [5.41, 5.74) is 1.06. The molecule has 112 valence electrons. The molecule has 0 aliphatic carbocycles. The molecule has 2 rings (SSSR count). The zero-order valence-electron chi connectivity index (χ0n) is 12.8. The number of rotatable bonds is 4. The molecule has 0 spiro atoms. The van der Waals surface area contributed by atoms with Crippen molar-refractivity contribution in [2.75, 3.05) is 20.7 Å². The van der Waals surface area contributed by atoms with Crippen molar-refractivity contribution in [1.29, 1.82) is 0 Å². The molecule has 3 unspecified atom stereocenters. The largest absolute Gasteiger partial charge is 0.494 e. The number of halogens is 1. The highest BCUT2D eigenvalue weighted by Gasteiger charge is 2.24. The molecule has 4 heteroatoms. The molecular formula is C16H25FN2O. The zero-order chi connectivity index (χ0) is 14.7. The van der Waals surface area contributed by atoms with Gasteiger partial charge in [0.1, 0.15) is 0 Å². The van der Waals surface area contributed by atoms with E-state index in [1.807, 2.05) is 6.07 Å². The van der Waals surface area contributed by atoms with Crippen LogP contribution >= 0.6 is 0 Å². The van der Waals surface area contributed by atoms with Crippen LogP contribution in [0.4, 0.5) is 4.39 Å². The first-order chi connectivity index (χ1) is 9.51. The van der Waals surface area contributed by atoms with Crippen molar-refractivity contribution in [3.05, 3.63) is 29.6 Å². The van der Waals surface area contributed by atoms with Gasteiger partial charge in [-0.2, -0.15) is 0 Å². The van der Waals surface area contributed by atoms with Crippen LogP contribution in [0.2, 0.25) is 0 Å². The molecule has 0 saturated carbocycles. The fourth-order valence-corrected chi connectivity index (χ4v) is 2.84. The normalized spacial score (nSPS) is 25.4. The van der Waals surface area contributed by atoms with Crippen molar-refractivity contribution in [1.82, 2.24) is 10.2 Å². The first-order valence-corrected chi connectivity index (χ1v) is 7.31. The van der Waals surface area contributed by atoms with Crippen LogP contribution in [-0.2, 0) is 0 Å². The summed E-state index contributed by atoms with van der Waals surface area (Å²) in [4.78, 5) is 2.39. The van der Waals surface area contributed by atoms with Crippen molar-refractivity contribution in [2.24, 2.45) is 0 Å². The maximum atomic E-state index is 13.4. The van der Waals surface area contributed by atoms with E-state index in [4.69, 9.17) is 4.74 Å². The average molecular weight is 280 g/mol. The Balaban J connectivity index is 1.99. The Labute approximate surface area is 121 Å². The molecule has 20 heavy (non-hydrogen) atoms. The van der Waals surface area contributed by atoms with Gasteiger partial charge < -0.3 is 15.0 Å². The van der Waals surface area contributed by atoms with Crippen LogP contribution in [0, 0.1) is 5.82 Å². The number of piperidine rings is 1. The highest BCUT2D eigenvalue weighted by atomic mass is 19.1. The second-order valence-corrected chi connectivity index (χ2v) is 5.83. The van der Waals surface area contributed by atoms with E-state index in [9.17, 15) is 4.39 Å². The van der Waals surface area contributed by atoms with Gasteiger partial charge in [-0.25, -0.2) is 4.39 Å². The summed E-state index contributed by atoms with van der Waals surface area (Å²) >= 11 is 0. The molecular weight excluding hydrogens is 255 g/mol. The standard InChI is InChI=1S/C16H25FN2O/c1-11-9-14(7-8-19(11)3)18-12(2)13-5-6-15(17)16(10-13)20-4/h5-6,10-12,14,18H,7-9H2,1-4H3. The van der Waals surface area contributed by atoms with Crippen LogP contribution in [0.3, 0.4) is 0 Å². The summed E-state index contributed by atoms with van der Waals surface area (Å²) in [7, 11) is 3.67. The third-order valence-corrected chi connectivity index (χ3v) is 4.37. The molecule has 1 aliphatic heterocycles. The van der Waals surface area contributed by atoms with Crippen molar-refractivity contribution >= 4 is 0 Å². The second-order valence-electron chi connectivity index (χ2n) is 5.83. The van der Waals surface area contributed by atoms with E-state index in [-0.39, 0.29) is 11.9 Å². The molecule has 0 bridgehead atoms. The number of hydrogen-bond acceptors (Lipinski definition) is 3. The van der Waals surface area contributed by atoms with Crippen molar-refractivity contribution in [2.45, 2.75) is 44.8 Å². The van der Waals surface area contributed by atoms with Gasteiger partial charge in [0.2, 0.25) is 0 Å². The molecule has 1 aromatic rings. The fourth-order valence-electron chi connectivity index (χ4n) is 2.84. The number of methoxy groups -OCH3 is 1. The second kappa shape index (κ2) is 6.55. The van der Waals surface area contributed by atoms with E-state index in [1.165, 1.54) is 13.2 Å². The van der Waals surface area contributed by atoms with Crippen molar-refractivity contribution in [3.63, 3.8) is 0 Å². The highest BCUT2D eigenvalue weighted by Crippen LogP contribution is 2.24. The molecule has 1 N–H and O–H groups in total. The van der Waals surface area contributed by atoms with E-state index in [1.54, 1.807) is 6.07 Å². The predicted molar refractivity (Wildman–Crippen MR) is 79.6 cm³/mol. The van der Waals surface area contributed by atoms with Crippen LogP contribution in [-0.4, -0.2) is 37.7 Å². The Kier molecular flexibility index (Phi) is 5.00. The molecule has 1 heterocycles. The van der Waals surface area contributed by atoms with E-state index < -0.39 is 0 Å². The molecule has 0 aromatic heterocycles. The third-order valence-electron chi connectivity index (χ3n) is 4.37. The van der Waals surface area contributed by atoms with Gasteiger partial charge in [-0.3, -0.25) is 0 Å². The summed E-state index contributed by atoms with van der Waals surface area (Å²) in [6.07, 6.45) is 2.31. The molecule has 1 aromatic carbocycles. The number of likely N-dealkylation sites (tertiary alicyclic amines) is 1. The van der Waals surface area contributed by atoms with Gasteiger partial charge in [0, 0.05) is 18.1 Å². The van der Waals surface area contributed by atoms with Crippen LogP contribution in [0.1, 0.15) is 38.3 Å². The molecule has 1 fully saturated rings. The zero-order valence-corrected chi connectivity index (χ0v) is 12.8. The Bertz CT molecular complexity index is 452. The summed E-state index contributed by atoms with van der Waals surface area (Å²) in [6, 6.07) is 6.41.